The van der Waals surface area contributed by atoms with Crippen LogP contribution in [0.1, 0.15) is 17.0 Å². The molecule has 0 aromatic heterocycles. The van der Waals surface area contributed by atoms with E-state index in [-0.39, 0.29) is 11.5 Å². The number of hydrogen-bond acceptors (Lipinski definition) is 3. The van der Waals surface area contributed by atoms with Gasteiger partial charge in [0.05, 0.1) is 12.0 Å². The van der Waals surface area contributed by atoms with Gasteiger partial charge in [-0.1, -0.05) is 24.3 Å². The van der Waals surface area contributed by atoms with E-state index in [0.29, 0.717) is 0 Å². The lowest BCUT2D eigenvalue weighted by atomic mass is 9.92. The molecule has 2 rings (SSSR count). The van der Waals surface area contributed by atoms with Crippen LogP contribution < -0.4 is 0 Å². The van der Waals surface area contributed by atoms with Crippen molar-refractivity contribution in [2.45, 2.75) is 5.92 Å². The van der Waals surface area contributed by atoms with Gasteiger partial charge in [0.1, 0.15) is 11.5 Å². The zero-order valence-electron chi connectivity index (χ0n) is 9.04. The minimum atomic E-state index is -0.392. The third-order valence-corrected chi connectivity index (χ3v) is 2.58. The van der Waals surface area contributed by atoms with Crippen LogP contribution in [0.15, 0.2) is 48.5 Å². The average molecular weight is 225 g/mol. The van der Waals surface area contributed by atoms with Crippen molar-refractivity contribution in [3.8, 4) is 17.6 Å². The monoisotopic (exact) mass is 225 g/mol. The summed E-state index contributed by atoms with van der Waals surface area (Å²) in [6.45, 7) is 0. The smallest absolute Gasteiger partial charge is 0.115 e. The van der Waals surface area contributed by atoms with Gasteiger partial charge < -0.3 is 10.2 Å². The SMILES string of the molecule is N#CC(c1ccc(O)cc1)c1ccc(O)cc1. The Balaban J connectivity index is 2.37. The van der Waals surface area contributed by atoms with Gasteiger partial charge >= 0.3 is 0 Å². The molecule has 0 atom stereocenters. The molecular formula is C14H11NO2. The fraction of sp³-hybridized carbons (Fsp3) is 0.0714. The number of phenolic OH excluding ortho intramolecular Hbond substituents is 2. The minimum absolute atomic E-state index is 0.177. The Hall–Kier alpha value is -2.47. The van der Waals surface area contributed by atoms with Crippen molar-refractivity contribution in [1.82, 2.24) is 0 Å². The summed E-state index contributed by atoms with van der Waals surface area (Å²) in [5.74, 6) is -0.0384. The highest BCUT2D eigenvalue weighted by atomic mass is 16.3. The molecule has 0 bridgehead atoms. The lowest BCUT2D eigenvalue weighted by Crippen LogP contribution is -1.97. The van der Waals surface area contributed by atoms with E-state index in [2.05, 4.69) is 6.07 Å². The van der Waals surface area contributed by atoms with Gasteiger partial charge in [-0.05, 0) is 35.4 Å². The molecule has 0 radical (unpaired) electrons. The van der Waals surface area contributed by atoms with E-state index in [1.807, 2.05) is 0 Å². The molecule has 0 fully saturated rings. The zero-order valence-corrected chi connectivity index (χ0v) is 9.04. The first-order valence-corrected chi connectivity index (χ1v) is 5.18. The summed E-state index contributed by atoms with van der Waals surface area (Å²) in [6.07, 6.45) is 0. The molecule has 0 amide bonds. The summed E-state index contributed by atoms with van der Waals surface area (Å²) < 4.78 is 0. The Morgan fingerprint density at radius 1 is 0.765 bits per heavy atom. The number of nitrogens with zero attached hydrogens (tertiary/aromatic N) is 1. The molecule has 3 heteroatoms. The summed E-state index contributed by atoms with van der Waals surface area (Å²) in [6, 6.07) is 15.3. The van der Waals surface area contributed by atoms with Gasteiger partial charge in [-0.3, -0.25) is 0 Å². The summed E-state index contributed by atoms with van der Waals surface area (Å²) in [5, 5.41) is 27.6. The number of phenols is 2. The average Bonchev–Trinajstić information content (AvgIpc) is 2.35. The Morgan fingerprint density at radius 2 is 1.12 bits per heavy atom. The van der Waals surface area contributed by atoms with Crippen molar-refractivity contribution >= 4 is 0 Å². The van der Waals surface area contributed by atoms with Gasteiger partial charge in [-0.2, -0.15) is 5.26 Å². The largest absolute Gasteiger partial charge is 0.508 e. The minimum Gasteiger partial charge on any atom is -0.508 e. The van der Waals surface area contributed by atoms with E-state index < -0.39 is 5.92 Å². The predicted octanol–water partition coefficient (Wildman–Crippen LogP) is 2.75. The number of nitriles is 1. The van der Waals surface area contributed by atoms with E-state index in [9.17, 15) is 15.5 Å². The van der Waals surface area contributed by atoms with Crippen LogP contribution in [-0.4, -0.2) is 10.2 Å². The highest BCUT2D eigenvalue weighted by molar-refractivity contribution is 5.41. The lowest BCUT2D eigenvalue weighted by Gasteiger charge is -2.09. The summed E-state index contributed by atoms with van der Waals surface area (Å²) in [5.41, 5.74) is 1.63. The van der Waals surface area contributed by atoms with Gasteiger partial charge in [-0.25, -0.2) is 0 Å². The highest BCUT2D eigenvalue weighted by Crippen LogP contribution is 2.26. The van der Waals surface area contributed by atoms with Gasteiger partial charge in [0, 0.05) is 0 Å². The Kier molecular flexibility index (Phi) is 2.97. The molecule has 17 heavy (non-hydrogen) atoms. The van der Waals surface area contributed by atoms with Crippen molar-refractivity contribution in [2.24, 2.45) is 0 Å². The number of hydrogen-bond donors (Lipinski definition) is 2. The molecule has 0 aliphatic carbocycles. The predicted molar refractivity (Wildman–Crippen MR) is 63.7 cm³/mol. The second-order valence-electron chi connectivity index (χ2n) is 3.75. The Bertz CT molecular complexity index is 492. The molecular weight excluding hydrogens is 214 g/mol. The van der Waals surface area contributed by atoms with Crippen molar-refractivity contribution in [2.75, 3.05) is 0 Å². The van der Waals surface area contributed by atoms with Crippen LogP contribution in [0.3, 0.4) is 0 Å². The Morgan fingerprint density at radius 3 is 1.41 bits per heavy atom. The van der Waals surface area contributed by atoms with Gasteiger partial charge in [0.2, 0.25) is 0 Å². The van der Waals surface area contributed by atoms with Gasteiger partial charge in [0.25, 0.3) is 0 Å². The Labute approximate surface area is 99.2 Å². The van der Waals surface area contributed by atoms with Gasteiger partial charge in [-0.15, -0.1) is 0 Å². The first-order chi connectivity index (χ1) is 8.20. The van der Waals surface area contributed by atoms with Crippen LogP contribution in [0, 0.1) is 11.3 Å². The molecule has 0 aliphatic rings. The van der Waals surface area contributed by atoms with Crippen LogP contribution in [0.5, 0.6) is 11.5 Å². The van der Waals surface area contributed by atoms with E-state index in [4.69, 9.17) is 0 Å². The molecule has 2 N–H and O–H groups in total. The summed E-state index contributed by atoms with van der Waals surface area (Å²) in [4.78, 5) is 0. The van der Waals surface area contributed by atoms with Gasteiger partial charge in [0.15, 0.2) is 0 Å². The maximum atomic E-state index is 9.20. The molecule has 0 saturated heterocycles. The van der Waals surface area contributed by atoms with Crippen LogP contribution >= 0.6 is 0 Å². The maximum Gasteiger partial charge on any atom is 0.115 e. The van der Waals surface area contributed by atoms with E-state index in [1.165, 1.54) is 0 Å². The fourth-order valence-corrected chi connectivity index (χ4v) is 1.68. The molecule has 3 nitrogen and oxygen atoms in total. The number of aromatic hydroxyl groups is 2. The molecule has 2 aromatic rings. The van der Waals surface area contributed by atoms with E-state index >= 15 is 0 Å². The molecule has 0 heterocycles. The summed E-state index contributed by atoms with van der Waals surface area (Å²) >= 11 is 0. The third-order valence-electron chi connectivity index (χ3n) is 2.58. The summed E-state index contributed by atoms with van der Waals surface area (Å²) in [7, 11) is 0. The van der Waals surface area contributed by atoms with Crippen LogP contribution in [0.4, 0.5) is 0 Å². The highest BCUT2D eigenvalue weighted by Gasteiger charge is 2.12. The number of benzene rings is 2. The molecule has 84 valence electrons. The first kappa shape index (κ1) is 11.0. The van der Waals surface area contributed by atoms with E-state index in [1.54, 1.807) is 48.5 Å². The van der Waals surface area contributed by atoms with Crippen LogP contribution in [0.2, 0.25) is 0 Å². The maximum absolute atomic E-state index is 9.20. The van der Waals surface area contributed by atoms with E-state index in [0.717, 1.165) is 11.1 Å². The van der Waals surface area contributed by atoms with Crippen molar-refractivity contribution in [3.63, 3.8) is 0 Å². The normalized spacial score (nSPS) is 10.1. The van der Waals surface area contributed by atoms with Crippen molar-refractivity contribution in [3.05, 3.63) is 59.7 Å². The second kappa shape index (κ2) is 4.58. The molecule has 0 spiro atoms. The third kappa shape index (κ3) is 2.37. The molecule has 0 saturated carbocycles. The molecule has 0 unspecified atom stereocenters. The number of rotatable bonds is 2. The molecule has 2 aromatic carbocycles. The topological polar surface area (TPSA) is 64.2 Å². The molecule has 0 aliphatic heterocycles. The fourth-order valence-electron chi connectivity index (χ4n) is 1.68. The van der Waals surface area contributed by atoms with Crippen molar-refractivity contribution in [1.29, 1.82) is 5.26 Å². The standard InChI is InChI=1S/C14H11NO2/c15-9-14(10-1-5-12(16)6-2-10)11-3-7-13(17)8-4-11/h1-8,14,16-17H. The first-order valence-electron chi connectivity index (χ1n) is 5.18. The van der Waals surface area contributed by atoms with Crippen LogP contribution in [-0.2, 0) is 0 Å². The quantitative estimate of drug-likeness (QED) is 0.825. The zero-order chi connectivity index (χ0) is 12.3. The lowest BCUT2D eigenvalue weighted by molar-refractivity contribution is 0.475. The van der Waals surface area contributed by atoms with Crippen molar-refractivity contribution < 1.29 is 10.2 Å². The van der Waals surface area contributed by atoms with Crippen LogP contribution in [0.25, 0.3) is 0 Å². The second-order valence-corrected chi connectivity index (χ2v) is 3.75.